The van der Waals surface area contributed by atoms with Crippen LogP contribution in [-0.4, -0.2) is 53.2 Å². The van der Waals surface area contributed by atoms with Gasteiger partial charge < -0.3 is 14.8 Å². The molecule has 1 saturated carbocycles. The number of para-hydroxylation sites is 2. The molecule has 0 saturated heterocycles. The van der Waals surface area contributed by atoms with Gasteiger partial charge in [0.1, 0.15) is 10.9 Å². The lowest BCUT2D eigenvalue weighted by molar-refractivity contribution is -0.125. The number of nitrogens with zero attached hydrogens (tertiary/aromatic N) is 1. The summed E-state index contributed by atoms with van der Waals surface area (Å²) in [6, 6.07) is 5.74. The van der Waals surface area contributed by atoms with E-state index in [2.05, 4.69) is 28.2 Å². The molecular weight excluding hydrogens is 476 g/mol. The number of hydrogen-bond donors (Lipinski definition) is 5. The standard InChI is InChI=1S/C23H34N4O5S2/c1-3-15(19(28)22-26-16-11-7-8-12-18(16)32-22)25-21(29)17(13-14-9-5-4-6-10-14)27-23(33)20(24)34(2,30)31/h7-8,11-12,14-15,17,19,23-24,27-28,33H,3-6,9-10,13H2,1-2H3,(H,25,29)/t15?,17?,19?,23-/m1/s1. The van der Waals surface area contributed by atoms with E-state index < -0.39 is 38.4 Å². The number of hydrogen-bond acceptors (Lipinski definition) is 9. The number of aliphatic hydroxyl groups excluding tert-OH is 1. The molecule has 1 aromatic carbocycles. The largest absolute Gasteiger partial charge is 0.438 e. The molecule has 9 nitrogen and oxygen atoms in total. The SMILES string of the molecule is CCC(NC(=O)C(CC1CCCCC1)N[C@H](S)C(=N)S(C)(=O)=O)C(O)c1nc2ccccc2o1. The van der Waals surface area contributed by atoms with Crippen LogP contribution in [0.3, 0.4) is 0 Å². The van der Waals surface area contributed by atoms with Gasteiger partial charge in [0, 0.05) is 6.26 Å². The number of benzene rings is 1. The summed E-state index contributed by atoms with van der Waals surface area (Å²) in [5.74, 6) is 0.0518. The highest BCUT2D eigenvalue weighted by Crippen LogP contribution is 2.28. The Morgan fingerprint density at radius 1 is 1.29 bits per heavy atom. The summed E-state index contributed by atoms with van der Waals surface area (Å²) >= 11 is 4.24. The maximum atomic E-state index is 13.3. The molecule has 2 aromatic rings. The normalized spacial score (nSPS) is 18.8. The second-order valence-corrected chi connectivity index (χ2v) is 11.5. The fraction of sp³-hybridized carbons (Fsp3) is 0.609. The third-order valence-corrected chi connectivity index (χ3v) is 7.95. The van der Waals surface area contributed by atoms with Crippen LogP contribution in [0.1, 0.15) is 63.9 Å². The number of fused-ring (bicyclic) bond motifs is 1. The maximum absolute atomic E-state index is 13.3. The Balaban J connectivity index is 1.75. The highest BCUT2D eigenvalue weighted by molar-refractivity contribution is 8.07. The zero-order valence-corrected chi connectivity index (χ0v) is 21.2. The van der Waals surface area contributed by atoms with E-state index in [-0.39, 0.29) is 11.8 Å². The number of nitrogens with one attached hydrogen (secondary N) is 3. The fourth-order valence-electron chi connectivity index (χ4n) is 4.35. The van der Waals surface area contributed by atoms with Gasteiger partial charge in [0.05, 0.1) is 12.1 Å². The molecule has 0 bridgehead atoms. The summed E-state index contributed by atoms with van der Waals surface area (Å²) < 4.78 is 29.3. The van der Waals surface area contributed by atoms with E-state index in [0.717, 1.165) is 31.9 Å². The van der Waals surface area contributed by atoms with Crippen molar-refractivity contribution in [1.29, 1.82) is 5.41 Å². The van der Waals surface area contributed by atoms with E-state index in [1.165, 1.54) is 6.42 Å². The number of aromatic nitrogens is 1. The van der Waals surface area contributed by atoms with E-state index in [1.807, 2.05) is 19.1 Å². The molecule has 3 unspecified atom stereocenters. The Morgan fingerprint density at radius 2 is 1.97 bits per heavy atom. The molecule has 1 heterocycles. The van der Waals surface area contributed by atoms with Crippen molar-refractivity contribution < 1.29 is 22.7 Å². The molecule has 1 aromatic heterocycles. The van der Waals surface area contributed by atoms with Crippen molar-refractivity contribution in [2.45, 2.75) is 75.4 Å². The van der Waals surface area contributed by atoms with Crippen LogP contribution in [0.4, 0.5) is 0 Å². The first kappa shape index (κ1) is 26.7. The molecule has 0 radical (unpaired) electrons. The highest BCUT2D eigenvalue weighted by atomic mass is 32.2. The molecule has 3 rings (SSSR count). The molecule has 4 N–H and O–H groups in total. The van der Waals surface area contributed by atoms with Gasteiger partial charge in [-0.25, -0.2) is 13.4 Å². The van der Waals surface area contributed by atoms with Gasteiger partial charge in [0.25, 0.3) is 0 Å². The Bertz CT molecular complexity index is 1060. The van der Waals surface area contributed by atoms with Gasteiger partial charge >= 0.3 is 0 Å². The molecular formula is C23H34N4O5S2. The zero-order valence-electron chi connectivity index (χ0n) is 19.5. The van der Waals surface area contributed by atoms with Crippen molar-refractivity contribution in [3.63, 3.8) is 0 Å². The first-order valence-electron chi connectivity index (χ1n) is 11.7. The van der Waals surface area contributed by atoms with Gasteiger partial charge in [-0.3, -0.25) is 15.5 Å². The second-order valence-electron chi connectivity index (χ2n) is 8.99. The minimum atomic E-state index is -3.74. The van der Waals surface area contributed by atoms with Gasteiger partial charge in [-0.1, -0.05) is 51.2 Å². The van der Waals surface area contributed by atoms with E-state index in [1.54, 1.807) is 12.1 Å². The van der Waals surface area contributed by atoms with E-state index in [0.29, 0.717) is 29.9 Å². The Morgan fingerprint density at radius 3 is 2.59 bits per heavy atom. The van der Waals surface area contributed by atoms with Gasteiger partial charge in [-0.05, 0) is 30.9 Å². The van der Waals surface area contributed by atoms with Crippen molar-refractivity contribution in [2.24, 2.45) is 5.92 Å². The quantitative estimate of drug-likeness (QED) is 0.143. The average molecular weight is 511 g/mol. The number of oxazole rings is 1. The summed E-state index contributed by atoms with van der Waals surface area (Å²) in [5, 5.41) is 22.9. The second kappa shape index (κ2) is 11.7. The molecule has 1 amide bonds. The van der Waals surface area contributed by atoms with Crippen LogP contribution >= 0.6 is 12.6 Å². The van der Waals surface area contributed by atoms with Crippen LogP contribution in [0, 0.1) is 11.3 Å². The lowest BCUT2D eigenvalue weighted by Gasteiger charge is -2.30. The summed E-state index contributed by atoms with van der Waals surface area (Å²) in [5.41, 5.74) is 1.17. The van der Waals surface area contributed by atoms with E-state index in [9.17, 15) is 18.3 Å². The average Bonchev–Trinajstić information content (AvgIpc) is 3.25. The molecule has 0 aliphatic heterocycles. The van der Waals surface area contributed by atoms with Crippen molar-refractivity contribution >= 4 is 44.5 Å². The van der Waals surface area contributed by atoms with Crippen LogP contribution in [0.15, 0.2) is 28.7 Å². The maximum Gasteiger partial charge on any atom is 0.237 e. The van der Waals surface area contributed by atoms with Crippen molar-refractivity contribution in [3.8, 4) is 0 Å². The number of carbonyl (C=O) groups is 1. The van der Waals surface area contributed by atoms with Crippen LogP contribution in [-0.2, 0) is 14.6 Å². The first-order chi connectivity index (χ1) is 16.1. The molecule has 0 spiro atoms. The summed E-state index contributed by atoms with van der Waals surface area (Å²) in [6.45, 7) is 1.83. The molecule has 4 atom stereocenters. The smallest absolute Gasteiger partial charge is 0.237 e. The third kappa shape index (κ3) is 6.80. The number of rotatable bonds is 10. The minimum absolute atomic E-state index is 0.121. The minimum Gasteiger partial charge on any atom is -0.438 e. The summed E-state index contributed by atoms with van der Waals surface area (Å²) in [7, 11) is -3.74. The summed E-state index contributed by atoms with van der Waals surface area (Å²) in [4.78, 5) is 17.6. The van der Waals surface area contributed by atoms with E-state index in [4.69, 9.17) is 9.83 Å². The van der Waals surface area contributed by atoms with Crippen LogP contribution in [0.2, 0.25) is 0 Å². The molecule has 34 heavy (non-hydrogen) atoms. The lowest BCUT2D eigenvalue weighted by atomic mass is 9.84. The predicted octanol–water partition coefficient (Wildman–Crippen LogP) is 2.96. The molecule has 188 valence electrons. The third-order valence-electron chi connectivity index (χ3n) is 6.33. The zero-order chi connectivity index (χ0) is 24.9. The monoisotopic (exact) mass is 510 g/mol. The fourth-order valence-corrected chi connectivity index (χ4v) is 5.58. The van der Waals surface area contributed by atoms with Crippen molar-refractivity contribution in [3.05, 3.63) is 30.2 Å². The van der Waals surface area contributed by atoms with Gasteiger partial charge in [-0.2, -0.15) is 12.6 Å². The van der Waals surface area contributed by atoms with Gasteiger partial charge in [0.15, 0.2) is 26.6 Å². The Labute approximate surface area is 205 Å². The molecule has 11 heteroatoms. The number of aliphatic hydroxyl groups is 1. The lowest BCUT2D eigenvalue weighted by Crippen LogP contribution is -2.53. The number of sulfone groups is 1. The molecule has 1 aliphatic rings. The van der Waals surface area contributed by atoms with Crippen LogP contribution in [0.25, 0.3) is 11.1 Å². The van der Waals surface area contributed by atoms with Gasteiger partial charge in [0.2, 0.25) is 11.8 Å². The first-order valence-corrected chi connectivity index (χ1v) is 14.1. The highest BCUT2D eigenvalue weighted by Gasteiger charge is 2.32. The Kier molecular flexibility index (Phi) is 9.14. The predicted molar refractivity (Wildman–Crippen MR) is 135 cm³/mol. The van der Waals surface area contributed by atoms with Crippen LogP contribution in [0.5, 0.6) is 0 Å². The number of amides is 1. The van der Waals surface area contributed by atoms with E-state index >= 15 is 0 Å². The topological polar surface area (TPSA) is 145 Å². The number of thiol groups is 1. The Hall–Kier alpha value is -1.95. The molecule has 1 aliphatic carbocycles. The summed E-state index contributed by atoms with van der Waals surface area (Å²) in [6.07, 6.45) is 6.05. The van der Waals surface area contributed by atoms with Crippen molar-refractivity contribution in [2.75, 3.05) is 6.26 Å². The van der Waals surface area contributed by atoms with Gasteiger partial charge in [-0.15, -0.1) is 0 Å². The number of carbonyl (C=O) groups excluding carboxylic acids is 1. The van der Waals surface area contributed by atoms with Crippen molar-refractivity contribution in [1.82, 2.24) is 15.6 Å². The molecule has 1 fully saturated rings. The van der Waals surface area contributed by atoms with Crippen LogP contribution < -0.4 is 10.6 Å².